The van der Waals surface area contributed by atoms with Gasteiger partial charge in [0.25, 0.3) is 11.6 Å². The fourth-order valence-corrected chi connectivity index (χ4v) is 2.17. The van der Waals surface area contributed by atoms with Crippen molar-refractivity contribution < 1.29 is 14.6 Å². The van der Waals surface area contributed by atoms with E-state index in [4.69, 9.17) is 4.84 Å². The van der Waals surface area contributed by atoms with Crippen molar-refractivity contribution in [2.75, 3.05) is 0 Å². The lowest BCUT2D eigenvalue weighted by Gasteiger charge is -2.22. The fourth-order valence-electron chi connectivity index (χ4n) is 2.17. The van der Waals surface area contributed by atoms with E-state index in [9.17, 15) is 14.9 Å². The molecule has 1 aliphatic carbocycles. The third kappa shape index (κ3) is 1.67. The van der Waals surface area contributed by atoms with Gasteiger partial charge in [-0.3, -0.25) is 19.7 Å². The van der Waals surface area contributed by atoms with E-state index in [-0.39, 0.29) is 23.7 Å². The SMILES string of the molecule is O=C(c1ccc([N+](=O)[O-])cc1)N1OC2C=CC1C2. The highest BCUT2D eigenvalue weighted by Crippen LogP contribution is 2.30. The van der Waals surface area contributed by atoms with Gasteiger partial charge >= 0.3 is 0 Å². The van der Waals surface area contributed by atoms with Gasteiger partial charge in [0.05, 0.1) is 11.0 Å². The summed E-state index contributed by atoms with van der Waals surface area (Å²) in [5.74, 6) is -0.262. The van der Waals surface area contributed by atoms with Gasteiger partial charge in [-0.2, -0.15) is 0 Å². The highest BCUT2D eigenvalue weighted by Gasteiger charge is 2.38. The highest BCUT2D eigenvalue weighted by atomic mass is 16.7. The Morgan fingerprint density at radius 1 is 1.33 bits per heavy atom. The predicted molar refractivity (Wildman–Crippen MR) is 61.7 cm³/mol. The largest absolute Gasteiger partial charge is 0.278 e. The maximum atomic E-state index is 12.1. The van der Waals surface area contributed by atoms with E-state index >= 15 is 0 Å². The summed E-state index contributed by atoms with van der Waals surface area (Å²) in [5, 5.41) is 11.9. The monoisotopic (exact) mass is 246 g/mol. The molecule has 2 unspecified atom stereocenters. The van der Waals surface area contributed by atoms with E-state index in [1.165, 1.54) is 29.3 Å². The van der Waals surface area contributed by atoms with Gasteiger partial charge in [0, 0.05) is 24.1 Å². The standard InChI is InChI=1S/C12H10N2O4/c15-12(13-10-5-6-11(7-10)18-13)8-1-3-9(4-2-8)14(16)17/h1-6,10-11H,7H2. The first-order valence-corrected chi connectivity index (χ1v) is 5.58. The van der Waals surface area contributed by atoms with Crippen molar-refractivity contribution in [1.82, 2.24) is 5.06 Å². The number of nitrogens with zero attached hydrogens (tertiary/aromatic N) is 2. The summed E-state index contributed by atoms with van der Waals surface area (Å²) in [6, 6.07) is 5.51. The van der Waals surface area contributed by atoms with Gasteiger partial charge in [0.15, 0.2) is 0 Å². The second-order valence-corrected chi connectivity index (χ2v) is 4.27. The number of hydroxylamine groups is 2. The molecule has 3 rings (SSSR count). The molecular weight excluding hydrogens is 236 g/mol. The zero-order valence-corrected chi connectivity index (χ0v) is 9.35. The second kappa shape index (κ2) is 3.92. The maximum Gasteiger partial charge on any atom is 0.278 e. The van der Waals surface area contributed by atoms with E-state index in [2.05, 4.69) is 0 Å². The highest BCUT2D eigenvalue weighted by molar-refractivity contribution is 5.94. The Balaban J connectivity index is 1.80. The van der Waals surface area contributed by atoms with Gasteiger partial charge in [0.1, 0.15) is 6.10 Å². The van der Waals surface area contributed by atoms with Crippen LogP contribution >= 0.6 is 0 Å². The molecule has 2 bridgehead atoms. The van der Waals surface area contributed by atoms with Crippen molar-refractivity contribution in [3.8, 4) is 0 Å². The molecule has 0 aromatic heterocycles. The summed E-state index contributed by atoms with van der Waals surface area (Å²) in [6.45, 7) is 0. The molecular formula is C12H10N2O4. The molecule has 0 radical (unpaired) electrons. The molecule has 1 amide bonds. The van der Waals surface area contributed by atoms with Crippen LogP contribution in [0.15, 0.2) is 36.4 Å². The van der Waals surface area contributed by atoms with Gasteiger partial charge in [-0.15, -0.1) is 0 Å². The number of hydrogen-bond acceptors (Lipinski definition) is 4. The number of rotatable bonds is 2. The van der Waals surface area contributed by atoms with E-state index in [1.54, 1.807) is 0 Å². The normalized spacial score (nSPS) is 24.6. The third-order valence-electron chi connectivity index (χ3n) is 3.10. The minimum absolute atomic E-state index is 0.0160. The third-order valence-corrected chi connectivity index (χ3v) is 3.10. The Morgan fingerprint density at radius 2 is 2.06 bits per heavy atom. The van der Waals surface area contributed by atoms with E-state index in [0.29, 0.717) is 5.56 Å². The molecule has 6 heteroatoms. The summed E-state index contributed by atoms with van der Waals surface area (Å²) in [4.78, 5) is 27.6. The van der Waals surface area contributed by atoms with E-state index in [1.807, 2.05) is 12.2 Å². The van der Waals surface area contributed by atoms with Crippen LogP contribution < -0.4 is 0 Å². The predicted octanol–water partition coefficient (Wildman–Crippen LogP) is 1.68. The van der Waals surface area contributed by atoms with Crippen LogP contribution in [0.1, 0.15) is 16.8 Å². The van der Waals surface area contributed by atoms with Crippen LogP contribution in [0.3, 0.4) is 0 Å². The summed E-state index contributed by atoms with van der Waals surface area (Å²) >= 11 is 0. The quantitative estimate of drug-likeness (QED) is 0.452. The number of fused-ring (bicyclic) bond motifs is 2. The number of carbonyl (C=O) groups excluding carboxylic acids is 1. The first-order valence-electron chi connectivity index (χ1n) is 5.58. The Kier molecular flexibility index (Phi) is 2.38. The zero-order chi connectivity index (χ0) is 12.7. The fraction of sp³-hybridized carbons (Fsp3) is 0.250. The summed E-state index contributed by atoms with van der Waals surface area (Å²) in [7, 11) is 0. The summed E-state index contributed by atoms with van der Waals surface area (Å²) in [6.07, 6.45) is 4.65. The lowest BCUT2D eigenvalue weighted by molar-refractivity contribution is -0.384. The molecule has 1 aromatic rings. The molecule has 92 valence electrons. The van der Waals surface area contributed by atoms with Gasteiger partial charge in [0.2, 0.25) is 0 Å². The van der Waals surface area contributed by atoms with Crippen molar-refractivity contribution in [3.05, 3.63) is 52.1 Å². The Morgan fingerprint density at radius 3 is 2.56 bits per heavy atom. The minimum Gasteiger partial charge on any atom is -0.267 e. The summed E-state index contributed by atoms with van der Waals surface area (Å²) < 4.78 is 0. The molecule has 1 aliphatic heterocycles. The number of nitro groups is 1. The van der Waals surface area contributed by atoms with Crippen LogP contribution in [-0.4, -0.2) is 28.0 Å². The summed E-state index contributed by atoms with van der Waals surface area (Å²) in [5.41, 5.74) is 0.358. The van der Waals surface area contributed by atoms with Crippen LogP contribution in [-0.2, 0) is 4.84 Å². The molecule has 18 heavy (non-hydrogen) atoms. The lowest BCUT2D eigenvalue weighted by atomic mass is 10.1. The zero-order valence-electron chi connectivity index (χ0n) is 9.35. The number of hydrogen-bond donors (Lipinski definition) is 0. The number of non-ortho nitro benzene ring substituents is 1. The second-order valence-electron chi connectivity index (χ2n) is 4.27. The van der Waals surface area contributed by atoms with E-state index in [0.717, 1.165) is 6.42 Å². The van der Waals surface area contributed by atoms with Gasteiger partial charge < -0.3 is 0 Å². The van der Waals surface area contributed by atoms with Crippen molar-refractivity contribution in [2.24, 2.45) is 0 Å². The first-order chi connectivity index (χ1) is 8.65. The Labute approximate surface area is 103 Å². The molecule has 6 nitrogen and oxygen atoms in total. The molecule has 1 heterocycles. The molecule has 1 saturated heterocycles. The van der Waals surface area contributed by atoms with Gasteiger partial charge in [-0.1, -0.05) is 12.2 Å². The van der Waals surface area contributed by atoms with Crippen molar-refractivity contribution in [1.29, 1.82) is 0 Å². The minimum atomic E-state index is -0.495. The smallest absolute Gasteiger partial charge is 0.267 e. The van der Waals surface area contributed by atoms with Crippen molar-refractivity contribution in [3.63, 3.8) is 0 Å². The maximum absolute atomic E-state index is 12.1. The average molecular weight is 246 g/mol. The van der Waals surface area contributed by atoms with Crippen molar-refractivity contribution in [2.45, 2.75) is 18.6 Å². The molecule has 0 spiro atoms. The van der Waals surface area contributed by atoms with Gasteiger partial charge in [-0.25, -0.2) is 5.06 Å². The van der Waals surface area contributed by atoms with Crippen LogP contribution in [0.25, 0.3) is 0 Å². The average Bonchev–Trinajstić information content (AvgIpc) is 3.00. The number of carbonyl (C=O) groups is 1. The van der Waals surface area contributed by atoms with Crippen LogP contribution in [0.2, 0.25) is 0 Å². The molecule has 0 saturated carbocycles. The molecule has 2 atom stereocenters. The molecule has 1 aromatic carbocycles. The van der Waals surface area contributed by atoms with Crippen LogP contribution in [0.4, 0.5) is 5.69 Å². The first kappa shape index (κ1) is 10.9. The molecule has 2 aliphatic rings. The van der Waals surface area contributed by atoms with Crippen LogP contribution in [0.5, 0.6) is 0 Å². The topological polar surface area (TPSA) is 72.7 Å². The molecule has 1 fully saturated rings. The van der Waals surface area contributed by atoms with Crippen LogP contribution in [0, 0.1) is 10.1 Å². The number of benzene rings is 1. The Bertz CT molecular complexity index is 538. The molecule has 0 N–H and O–H groups in total. The van der Waals surface area contributed by atoms with Crippen molar-refractivity contribution >= 4 is 11.6 Å². The lowest BCUT2D eigenvalue weighted by Crippen LogP contribution is -2.34. The Hall–Kier alpha value is -2.21. The number of nitro benzene ring substituents is 1. The van der Waals surface area contributed by atoms with E-state index < -0.39 is 4.92 Å². The number of amides is 1. The van der Waals surface area contributed by atoms with Gasteiger partial charge in [-0.05, 0) is 12.1 Å².